The Kier molecular flexibility index (Phi) is 5.49. The van der Waals surface area contributed by atoms with E-state index in [1.165, 1.54) is 9.75 Å². The SMILES string of the molecule is CCCCC(N)C(=O)NCc1ccc(C)s1. The smallest absolute Gasteiger partial charge is 0.237 e. The Balaban J connectivity index is 2.29. The van der Waals surface area contributed by atoms with E-state index in [9.17, 15) is 4.79 Å². The van der Waals surface area contributed by atoms with Gasteiger partial charge in [-0.15, -0.1) is 11.3 Å². The first-order valence-corrected chi connectivity index (χ1v) is 6.53. The van der Waals surface area contributed by atoms with Crippen molar-refractivity contribution in [3.8, 4) is 0 Å². The van der Waals surface area contributed by atoms with Crippen LogP contribution in [0.15, 0.2) is 12.1 Å². The number of hydrogen-bond acceptors (Lipinski definition) is 3. The number of carbonyl (C=O) groups excluding carboxylic acids is 1. The molecule has 0 aliphatic carbocycles. The van der Waals surface area contributed by atoms with Gasteiger partial charge in [0.15, 0.2) is 0 Å². The van der Waals surface area contributed by atoms with Gasteiger partial charge in [-0.2, -0.15) is 0 Å². The van der Waals surface area contributed by atoms with Crippen LogP contribution in [-0.2, 0) is 11.3 Å². The summed E-state index contributed by atoms with van der Waals surface area (Å²) in [5.74, 6) is -0.0421. The second-order valence-electron chi connectivity index (χ2n) is 3.98. The van der Waals surface area contributed by atoms with Gasteiger partial charge in [-0.25, -0.2) is 0 Å². The van der Waals surface area contributed by atoms with Crippen molar-refractivity contribution in [1.29, 1.82) is 0 Å². The Labute approximate surface area is 101 Å². The van der Waals surface area contributed by atoms with Gasteiger partial charge in [-0.05, 0) is 25.5 Å². The van der Waals surface area contributed by atoms with E-state index in [2.05, 4.69) is 25.2 Å². The molecule has 0 aromatic carbocycles. The molecule has 1 rings (SSSR count). The summed E-state index contributed by atoms with van der Waals surface area (Å²) in [7, 11) is 0. The topological polar surface area (TPSA) is 55.1 Å². The molecule has 0 saturated carbocycles. The Hall–Kier alpha value is -0.870. The molecule has 1 aromatic heterocycles. The number of aryl methyl sites for hydroxylation is 1. The average molecular weight is 240 g/mol. The third-order valence-electron chi connectivity index (χ3n) is 2.44. The molecule has 0 aliphatic heterocycles. The average Bonchev–Trinajstić information content (AvgIpc) is 2.68. The zero-order valence-electron chi connectivity index (χ0n) is 9.95. The summed E-state index contributed by atoms with van der Waals surface area (Å²) in [5.41, 5.74) is 5.76. The molecule has 0 spiro atoms. The van der Waals surface area contributed by atoms with Crippen molar-refractivity contribution in [2.45, 2.75) is 45.7 Å². The summed E-state index contributed by atoms with van der Waals surface area (Å²) in [4.78, 5) is 14.0. The highest BCUT2D eigenvalue weighted by Gasteiger charge is 2.12. The first-order valence-electron chi connectivity index (χ1n) is 5.72. The highest BCUT2D eigenvalue weighted by atomic mass is 32.1. The first kappa shape index (κ1) is 13.2. The highest BCUT2D eigenvalue weighted by Crippen LogP contribution is 2.14. The van der Waals surface area contributed by atoms with Gasteiger partial charge in [0.05, 0.1) is 12.6 Å². The van der Waals surface area contributed by atoms with Gasteiger partial charge in [0.1, 0.15) is 0 Å². The molecule has 1 heterocycles. The lowest BCUT2D eigenvalue weighted by Crippen LogP contribution is -2.39. The Morgan fingerprint density at radius 2 is 2.31 bits per heavy atom. The highest BCUT2D eigenvalue weighted by molar-refractivity contribution is 7.11. The monoisotopic (exact) mass is 240 g/mol. The molecular weight excluding hydrogens is 220 g/mol. The van der Waals surface area contributed by atoms with Gasteiger partial charge >= 0.3 is 0 Å². The van der Waals surface area contributed by atoms with E-state index in [0.29, 0.717) is 6.54 Å². The molecule has 1 amide bonds. The number of rotatable bonds is 6. The number of nitrogens with one attached hydrogen (secondary N) is 1. The molecule has 4 heteroatoms. The van der Waals surface area contributed by atoms with Crippen molar-refractivity contribution in [3.05, 3.63) is 21.9 Å². The number of amides is 1. The van der Waals surface area contributed by atoms with Crippen LogP contribution < -0.4 is 11.1 Å². The predicted molar refractivity (Wildman–Crippen MR) is 68.4 cm³/mol. The van der Waals surface area contributed by atoms with Crippen LogP contribution in [0.2, 0.25) is 0 Å². The van der Waals surface area contributed by atoms with Crippen molar-refractivity contribution < 1.29 is 4.79 Å². The van der Waals surface area contributed by atoms with E-state index in [1.54, 1.807) is 11.3 Å². The summed E-state index contributed by atoms with van der Waals surface area (Å²) in [6.45, 7) is 4.75. The van der Waals surface area contributed by atoms with Crippen LogP contribution in [0, 0.1) is 6.92 Å². The molecule has 1 aromatic rings. The maximum atomic E-state index is 11.6. The lowest BCUT2D eigenvalue weighted by molar-refractivity contribution is -0.122. The molecule has 3 N–H and O–H groups in total. The Morgan fingerprint density at radius 3 is 2.88 bits per heavy atom. The minimum Gasteiger partial charge on any atom is -0.350 e. The number of carbonyl (C=O) groups is 1. The number of hydrogen-bond donors (Lipinski definition) is 2. The van der Waals surface area contributed by atoms with Gasteiger partial charge in [0, 0.05) is 9.75 Å². The van der Waals surface area contributed by atoms with Crippen LogP contribution in [0.3, 0.4) is 0 Å². The van der Waals surface area contributed by atoms with Crippen LogP contribution in [-0.4, -0.2) is 11.9 Å². The van der Waals surface area contributed by atoms with E-state index in [4.69, 9.17) is 5.73 Å². The van der Waals surface area contributed by atoms with Crippen molar-refractivity contribution in [2.75, 3.05) is 0 Å². The third-order valence-corrected chi connectivity index (χ3v) is 3.44. The lowest BCUT2D eigenvalue weighted by atomic mass is 10.1. The predicted octanol–water partition coefficient (Wildman–Crippen LogP) is 2.19. The minimum atomic E-state index is -0.360. The second-order valence-corrected chi connectivity index (χ2v) is 5.35. The summed E-state index contributed by atoms with van der Waals surface area (Å²) in [5, 5.41) is 2.87. The van der Waals surface area contributed by atoms with Crippen molar-refractivity contribution in [3.63, 3.8) is 0 Å². The molecule has 0 fully saturated rings. The van der Waals surface area contributed by atoms with Gasteiger partial charge in [0.25, 0.3) is 0 Å². The molecule has 3 nitrogen and oxygen atoms in total. The molecule has 16 heavy (non-hydrogen) atoms. The lowest BCUT2D eigenvalue weighted by Gasteiger charge is -2.10. The molecular formula is C12H20N2OS. The minimum absolute atomic E-state index is 0.0421. The fourth-order valence-corrected chi connectivity index (χ4v) is 2.27. The van der Waals surface area contributed by atoms with Crippen LogP contribution in [0.5, 0.6) is 0 Å². The third kappa shape index (κ3) is 4.33. The van der Waals surface area contributed by atoms with Crippen molar-refractivity contribution in [1.82, 2.24) is 5.32 Å². The summed E-state index contributed by atoms with van der Waals surface area (Å²) in [6, 6.07) is 3.74. The summed E-state index contributed by atoms with van der Waals surface area (Å²) >= 11 is 1.70. The molecule has 90 valence electrons. The fraction of sp³-hybridized carbons (Fsp3) is 0.583. The maximum absolute atomic E-state index is 11.6. The van der Waals surface area contributed by atoms with Crippen molar-refractivity contribution in [2.24, 2.45) is 5.73 Å². The normalized spacial score (nSPS) is 12.4. The zero-order chi connectivity index (χ0) is 12.0. The Bertz CT molecular complexity index is 336. The fourth-order valence-electron chi connectivity index (χ4n) is 1.44. The quantitative estimate of drug-likeness (QED) is 0.801. The summed E-state index contributed by atoms with van der Waals surface area (Å²) in [6.07, 6.45) is 2.85. The van der Waals surface area contributed by atoms with E-state index in [1.807, 2.05) is 6.07 Å². The largest absolute Gasteiger partial charge is 0.350 e. The van der Waals surface area contributed by atoms with E-state index >= 15 is 0 Å². The van der Waals surface area contributed by atoms with E-state index < -0.39 is 0 Å². The zero-order valence-corrected chi connectivity index (χ0v) is 10.8. The number of nitrogens with two attached hydrogens (primary N) is 1. The van der Waals surface area contributed by atoms with Crippen LogP contribution in [0.25, 0.3) is 0 Å². The van der Waals surface area contributed by atoms with Crippen LogP contribution >= 0.6 is 11.3 Å². The van der Waals surface area contributed by atoms with Crippen LogP contribution in [0.4, 0.5) is 0 Å². The molecule has 0 saturated heterocycles. The first-order chi connectivity index (χ1) is 7.63. The van der Waals surface area contributed by atoms with Crippen molar-refractivity contribution >= 4 is 17.2 Å². The number of thiophene rings is 1. The Morgan fingerprint density at radius 1 is 1.56 bits per heavy atom. The maximum Gasteiger partial charge on any atom is 0.237 e. The van der Waals surface area contributed by atoms with Gasteiger partial charge in [-0.3, -0.25) is 4.79 Å². The van der Waals surface area contributed by atoms with E-state index in [-0.39, 0.29) is 11.9 Å². The molecule has 1 unspecified atom stereocenters. The van der Waals surface area contributed by atoms with Gasteiger partial charge in [-0.1, -0.05) is 19.8 Å². The molecule has 0 aliphatic rings. The van der Waals surface area contributed by atoms with Gasteiger partial charge < -0.3 is 11.1 Å². The van der Waals surface area contributed by atoms with Crippen LogP contribution in [0.1, 0.15) is 35.9 Å². The molecule has 1 atom stereocenters. The number of unbranched alkanes of at least 4 members (excludes halogenated alkanes) is 1. The molecule has 0 radical (unpaired) electrons. The van der Waals surface area contributed by atoms with Gasteiger partial charge in [0.2, 0.25) is 5.91 Å². The second kappa shape index (κ2) is 6.66. The standard InChI is InChI=1S/C12H20N2OS/c1-3-4-5-11(13)12(15)14-8-10-7-6-9(2)16-10/h6-7,11H,3-5,8,13H2,1-2H3,(H,14,15). The summed E-state index contributed by atoms with van der Waals surface area (Å²) < 4.78 is 0. The molecule has 0 bridgehead atoms. The van der Waals surface area contributed by atoms with E-state index in [0.717, 1.165) is 19.3 Å².